The highest BCUT2D eigenvalue weighted by atomic mass is 16.4. The van der Waals surface area contributed by atoms with E-state index >= 15 is 0 Å². The Balaban J connectivity index is 0. The molecule has 0 fully saturated rings. The van der Waals surface area contributed by atoms with Crippen LogP contribution in [0, 0.1) is 5.92 Å². The summed E-state index contributed by atoms with van der Waals surface area (Å²) >= 11 is 0. The molecule has 6 heteroatoms. The summed E-state index contributed by atoms with van der Waals surface area (Å²) in [5.41, 5.74) is 0. The van der Waals surface area contributed by atoms with Gasteiger partial charge in [-0.1, -0.05) is 20.3 Å². The third-order valence-corrected chi connectivity index (χ3v) is 2.92. The van der Waals surface area contributed by atoms with Crippen LogP contribution in [0.15, 0.2) is 0 Å². The molecule has 0 aliphatic rings. The predicted molar refractivity (Wildman–Crippen MR) is 75.5 cm³/mol. The first-order valence-corrected chi connectivity index (χ1v) is 7.11. The van der Waals surface area contributed by atoms with Crippen LogP contribution in [0.3, 0.4) is 0 Å². The average Bonchev–Trinajstić information content (AvgIpc) is 2.37. The molecular weight excluding hydrogens is 264 g/mol. The van der Waals surface area contributed by atoms with Crippen molar-refractivity contribution in [1.82, 2.24) is 0 Å². The zero-order chi connectivity index (χ0) is 16.0. The molecule has 6 nitrogen and oxygen atoms in total. The van der Waals surface area contributed by atoms with Gasteiger partial charge in [0, 0.05) is 25.4 Å². The van der Waals surface area contributed by atoms with Crippen LogP contribution in [-0.4, -0.2) is 45.1 Å². The van der Waals surface area contributed by atoms with Gasteiger partial charge in [-0.05, 0) is 25.7 Å². The van der Waals surface area contributed by atoms with Crippen LogP contribution in [0.1, 0.15) is 58.8 Å². The van der Waals surface area contributed by atoms with E-state index in [4.69, 9.17) is 15.3 Å². The van der Waals surface area contributed by atoms with Crippen LogP contribution in [0.25, 0.3) is 0 Å². The zero-order valence-electron chi connectivity index (χ0n) is 12.4. The molecule has 20 heavy (non-hydrogen) atoms. The molecule has 0 aliphatic carbocycles. The van der Waals surface area contributed by atoms with Crippen molar-refractivity contribution < 1.29 is 30.0 Å². The number of unbranched alkanes of at least 4 members (excludes halogenated alkanes) is 1. The van der Waals surface area contributed by atoms with Crippen LogP contribution in [0.4, 0.5) is 0 Å². The molecule has 0 aromatic rings. The SMILES string of the molecule is CCCC(O)C(CC)CO.O=C(O)CCCCC(=O)O. The molecule has 0 aromatic heterocycles. The van der Waals surface area contributed by atoms with E-state index in [1.54, 1.807) is 0 Å². The van der Waals surface area contributed by atoms with Gasteiger partial charge in [-0.15, -0.1) is 0 Å². The molecule has 4 N–H and O–H groups in total. The summed E-state index contributed by atoms with van der Waals surface area (Å²) in [6.07, 6.45) is 3.36. The minimum atomic E-state index is -0.870. The molecule has 120 valence electrons. The fourth-order valence-corrected chi connectivity index (χ4v) is 1.61. The summed E-state index contributed by atoms with van der Waals surface area (Å²) in [6, 6.07) is 0. The lowest BCUT2D eigenvalue weighted by molar-refractivity contribution is -0.139. The molecule has 0 heterocycles. The van der Waals surface area contributed by atoms with Crippen molar-refractivity contribution in [1.29, 1.82) is 0 Å². The highest BCUT2D eigenvalue weighted by Crippen LogP contribution is 2.12. The normalized spacial score (nSPS) is 13.0. The largest absolute Gasteiger partial charge is 0.481 e. The summed E-state index contributed by atoms with van der Waals surface area (Å²) < 4.78 is 0. The van der Waals surface area contributed by atoms with Crippen LogP contribution >= 0.6 is 0 Å². The van der Waals surface area contributed by atoms with Gasteiger partial charge in [0.2, 0.25) is 0 Å². The van der Waals surface area contributed by atoms with Crippen molar-refractivity contribution in [3.63, 3.8) is 0 Å². The van der Waals surface area contributed by atoms with Crippen molar-refractivity contribution in [2.75, 3.05) is 6.61 Å². The van der Waals surface area contributed by atoms with Gasteiger partial charge in [-0.3, -0.25) is 9.59 Å². The van der Waals surface area contributed by atoms with Gasteiger partial charge < -0.3 is 20.4 Å². The highest BCUT2D eigenvalue weighted by molar-refractivity contribution is 5.67. The Bertz CT molecular complexity index is 234. The van der Waals surface area contributed by atoms with Gasteiger partial charge in [0.05, 0.1) is 6.10 Å². The van der Waals surface area contributed by atoms with E-state index in [1.165, 1.54) is 0 Å². The van der Waals surface area contributed by atoms with Crippen LogP contribution < -0.4 is 0 Å². The lowest BCUT2D eigenvalue weighted by atomic mass is 9.97. The van der Waals surface area contributed by atoms with E-state index in [9.17, 15) is 14.7 Å². The Morgan fingerprint density at radius 1 is 1.00 bits per heavy atom. The van der Waals surface area contributed by atoms with Gasteiger partial charge >= 0.3 is 11.9 Å². The number of aliphatic hydroxyl groups is 2. The smallest absolute Gasteiger partial charge is 0.303 e. The number of aliphatic carboxylic acids is 2. The zero-order valence-corrected chi connectivity index (χ0v) is 12.4. The molecule has 2 atom stereocenters. The van der Waals surface area contributed by atoms with Gasteiger partial charge in [0.1, 0.15) is 0 Å². The summed E-state index contributed by atoms with van der Waals surface area (Å²) in [4.78, 5) is 19.8. The van der Waals surface area contributed by atoms with E-state index in [0.717, 1.165) is 19.3 Å². The van der Waals surface area contributed by atoms with Gasteiger partial charge in [0.15, 0.2) is 0 Å². The monoisotopic (exact) mass is 292 g/mol. The molecule has 0 rings (SSSR count). The van der Waals surface area contributed by atoms with Crippen LogP contribution in [-0.2, 0) is 9.59 Å². The van der Waals surface area contributed by atoms with Crippen LogP contribution in [0.2, 0.25) is 0 Å². The van der Waals surface area contributed by atoms with Crippen molar-refractivity contribution in [3.8, 4) is 0 Å². The molecule has 0 aromatic carbocycles. The Hall–Kier alpha value is -1.14. The Morgan fingerprint density at radius 3 is 1.70 bits per heavy atom. The summed E-state index contributed by atoms with van der Waals surface area (Å²) in [5.74, 6) is -1.66. The van der Waals surface area contributed by atoms with E-state index in [2.05, 4.69) is 0 Å². The summed E-state index contributed by atoms with van der Waals surface area (Å²) in [6.45, 7) is 4.13. The average molecular weight is 292 g/mol. The van der Waals surface area contributed by atoms with Crippen molar-refractivity contribution >= 4 is 11.9 Å². The molecule has 0 radical (unpaired) electrons. The number of hydrogen-bond donors (Lipinski definition) is 4. The van der Waals surface area contributed by atoms with Gasteiger partial charge in [0.25, 0.3) is 0 Å². The Labute approximate surface area is 120 Å². The Morgan fingerprint density at radius 2 is 1.45 bits per heavy atom. The second kappa shape index (κ2) is 14.3. The van der Waals surface area contributed by atoms with E-state index < -0.39 is 11.9 Å². The second-order valence-corrected chi connectivity index (χ2v) is 4.70. The third-order valence-electron chi connectivity index (χ3n) is 2.92. The molecule has 0 saturated carbocycles. The quantitative estimate of drug-likeness (QED) is 0.457. The molecular formula is C14H28O6. The van der Waals surface area contributed by atoms with E-state index in [-0.39, 0.29) is 31.5 Å². The minimum absolute atomic E-state index is 0.0628. The first-order valence-electron chi connectivity index (χ1n) is 7.11. The third kappa shape index (κ3) is 14.9. The fraction of sp³-hybridized carbons (Fsp3) is 0.857. The molecule has 2 unspecified atom stereocenters. The first-order chi connectivity index (χ1) is 9.38. The van der Waals surface area contributed by atoms with Gasteiger partial charge in [-0.25, -0.2) is 0 Å². The maximum Gasteiger partial charge on any atom is 0.303 e. The number of carboxylic acids is 2. The number of carboxylic acid groups (broad SMARTS) is 2. The lowest BCUT2D eigenvalue weighted by Crippen LogP contribution is -2.22. The van der Waals surface area contributed by atoms with E-state index in [1.807, 2.05) is 13.8 Å². The summed E-state index contributed by atoms with van der Waals surface area (Å²) in [7, 11) is 0. The Kier molecular flexibility index (Phi) is 15.1. The van der Waals surface area contributed by atoms with Crippen molar-refractivity contribution in [2.24, 2.45) is 5.92 Å². The molecule has 0 amide bonds. The second-order valence-electron chi connectivity index (χ2n) is 4.70. The molecule has 0 saturated heterocycles. The first kappa shape index (κ1) is 21.2. The van der Waals surface area contributed by atoms with Crippen LogP contribution in [0.5, 0.6) is 0 Å². The maximum atomic E-state index is 9.90. The topological polar surface area (TPSA) is 115 Å². The minimum Gasteiger partial charge on any atom is -0.481 e. The summed E-state index contributed by atoms with van der Waals surface area (Å²) in [5, 5.41) is 34.4. The number of carbonyl (C=O) groups is 2. The highest BCUT2D eigenvalue weighted by Gasteiger charge is 2.14. The number of hydrogen-bond acceptors (Lipinski definition) is 4. The molecule has 0 bridgehead atoms. The van der Waals surface area contributed by atoms with E-state index in [0.29, 0.717) is 12.8 Å². The maximum absolute atomic E-state index is 9.90. The molecule has 0 aliphatic heterocycles. The molecule has 0 spiro atoms. The standard InChI is InChI=1S/C8H18O2.C6H10O4/c1-3-5-8(10)7(4-2)6-9;7-5(8)3-1-2-4-6(9)10/h7-10H,3-6H2,1-2H3;1-4H2,(H,7,8)(H,9,10). The van der Waals surface area contributed by atoms with Crippen molar-refractivity contribution in [2.45, 2.75) is 64.9 Å². The predicted octanol–water partition coefficient (Wildman–Crippen LogP) is 1.88. The fourth-order valence-electron chi connectivity index (χ4n) is 1.61. The number of rotatable bonds is 10. The lowest BCUT2D eigenvalue weighted by Gasteiger charge is -2.17. The van der Waals surface area contributed by atoms with Crippen molar-refractivity contribution in [3.05, 3.63) is 0 Å². The van der Waals surface area contributed by atoms with Gasteiger partial charge in [-0.2, -0.15) is 0 Å². The number of aliphatic hydroxyl groups excluding tert-OH is 2.